The minimum atomic E-state index is -2.67. The van der Waals surface area contributed by atoms with Crippen molar-refractivity contribution in [2.24, 2.45) is 5.92 Å². The summed E-state index contributed by atoms with van der Waals surface area (Å²) in [6.45, 7) is 5.95. The van der Waals surface area contributed by atoms with Gasteiger partial charge in [-0.25, -0.2) is 18.1 Å². The van der Waals surface area contributed by atoms with E-state index in [0.29, 0.717) is 30.1 Å². The molecule has 2 aromatic rings. The quantitative estimate of drug-likeness (QED) is 0.875. The standard InChI is InChI=1S/C19H25F2N3O2/c1-12(14-6-9-23(10-7-14)11-19(3,20)21)17-13(2)16(18(25)26)15-5-4-8-22-24(15)17/h4-5,8,12,14H,6-7,9-11H2,1-3H3,(H,25,26). The van der Waals surface area contributed by atoms with E-state index in [-0.39, 0.29) is 12.5 Å². The topological polar surface area (TPSA) is 57.8 Å². The molecule has 0 saturated carbocycles. The number of carbonyl (C=O) groups is 1. The molecule has 0 spiro atoms. The number of aromatic carboxylic acids is 1. The summed E-state index contributed by atoms with van der Waals surface area (Å²) in [6, 6.07) is 3.50. The highest BCUT2D eigenvalue weighted by molar-refractivity contribution is 5.98. The number of aromatic nitrogens is 2. The van der Waals surface area contributed by atoms with Crippen molar-refractivity contribution in [2.75, 3.05) is 19.6 Å². The minimum absolute atomic E-state index is 0.106. The molecule has 0 radical (unpaired) electrons. The number of fused-ring (bicyclic) bond motifs is 1. The summed E-state index contributed by atoms with van der Waals surface area (Å²) in [5, 5.41) is 14.0. The molecule has 5 nitrogen and oxygen atoms in total. The highest BCUT2D eigenvalue weighted by atomic mass is 19.3. The van der Waals surface area contributed by atoms with Crippen molar-refractivity contribution in [3.05, 3.63) is 35.2 Å². The van der Waals surface area contributed by atoms with Gasteiger partial charge in [-0.2, -0.15) is 5.10 Å². The van der Waals surface area contributed by atoms with Crippen molar-refractivity contribution >= 4 is 11.5 Å². The first-order valence-corrected chi connectivity index (χ1v) is 8.98. The number of hydrogen-bond donors (Lipinski definition) is 1. The van der Waals surface area contributed by atoms with Gasteiger partial charge in [0.05, 0.1) is 17.6 Å². The van der Waals surface area contributed by atoms with E-state index in [1.165, 1.54) is 0 Å². The predicted molar refractivity (Wildman–Crippen MR) is 95.1 cm³/mol. The van der Waals surface area contributed by atoms with Crippen molar-refractivity contribution < 1.29 is 18.7 Å². The highest BCUT2D eigenvalue weighted by Gasteiger charge is 2.33. The minimum Gasteiger partial charge on any atom is -0.478 e. The molecule has 0 amide bonds. The Morgan fingerprint density at radius 1 is 1.42 bits per heavy atom. The Labute approximate surface area is 151 Å². The fourth-order valence-electron chi connectivity index (χ4n) is 4.26. The summed E-state index contributed by atoms with van der Waals surface area (Å²) >= 11 is 0. The average Bonchev–Trinajstić information content (AvgIpc) is 2.85. The Kier molecular flexibility index (Phi) is 5.01. The molecule has 2 aromatic heterocycles. The van der Waals surface area contributed by atoms with Crippen molar-refractivity contribution in [2.45, 2.75) is 45.5 Å². The van der Waals surface area contributed by atoms with E-state index in [1.54, 1.807) is 22.8 Å². The Morgan fingerprint density at radius 3 is 2.65 bits per heavy atom. The number of piperidine rings is 1. The van der Waals surface area contributed by atoms with Gasteiger partial charge in [0.1, 0.15) is 0 Å². The van der Waals surface area contributed by atoms with E-state index in [9.17, 15) is 18.7 Å². The highest BCUT2D eigenvalue weighted by Crippen LogP contribution is 2.37. The second-order valence-electron chi connectivity index (χ2n) is 7.48. The molecule has 0 aliphatic carbocycles. The summed E-state index contributed by atoms with van der Waals surface area (Å²) in [6.07, 6.45) is 3.29. The van der Waals surface area contributed by atoms with Crippen LogP contribution in [0.25, 0.3) is 5.52 Å². The average molecular weight is 365 g/mol. The van der Waals surface area contributed by atoms with Crippen molar-refractivity contribution in [3.63, 3.8) is 0 Å². The van der Waals surface area contributed by atoms with Crippen LogP contribution < -0.4 is 0 Å². The zero-order valence-corrected chi connectivity index (χ0v) is 15.4. The van der Waals surface area contributed by atoms with Crippen LogP contribution in [0, 0.1) is 12.8 Å². The van der Waals surface area contributed by atoms with Crippen molar-refractivity contribution in [1.82, 2.24) is 14.5 Å². The van der Waals surface area contributed by atoms with Crippen LogP contribution in [0.3, 0.4) is 0 Å². The van der Waals surface area contributed by atoms with Gasteiger partial charge in [-0.1, -0.05) is 6.92 Å². The van der Waals surface area contributed by atoms with Crippen LogP contribution in [0.1, 0.15) is 54.2 Å². The maximum atomic E-state index is 13.2. The van der Waals surface area contributed by atoms with Gasteiger partial charge in [-0.05, 0) is 56.5 Å². The van der Waals surface area contributed by atoms with Crippen LogP contribution in [-0.4, -0.2) is 51.1 Å². The number of hydrogen-bond acceptors (Lipinski definition) is 3. The Morgan fingerprint density at radius 2 is 2.08 bits per heavy atom. The second-order valence-corrected chi connectivity index (χ2v) is 7.48. The summed E-state index contributed by atoms with van der Waals surface area (Å²) in [5.41, 5.74) is 2.55. The molecular formula is C19H25F2N3O2. The van der Waals surface area contributed by atoms with Crippen LogP contribution >= 0.6 is 0 Å². The third-order valence-corrected chi connectivity index (χ3v) is 5.48. The summed E-state index contributed by atoms with van der Waals surface area (Å²) < 4.78 is 28.2. The molecule has 1 saturated heterocycles. The molecule has 1 unspecified atom stereocenters. The smallest absolute Gasteiger partial charge is 0.338 e. The van der Waals surface area contributed by atoms with E-state index in [0.717, 1.165) is 31.0 Å². The molecule has 3 rings (SSSR count). The lowest BCUT2D eigenvalue weighted by Crippen LogP contribution is -2.41. The predicted octanol–water partition coefficient (Wildman–Crippen LogP) is 3.81. The fourth-order valence-corrected chi connectivity index (χ4v) is 4.26. The number of halogens is 2. The molecule has 26 heavy (non-hydrogen) atoms. The molecule has 3 heterocycles. The maximum Gasteiger partial charge on any atom is 0.338 e. The van der Waals surface area contributed by atoms with Crippen molar-refractivity contribution in [3.8, 4) is 0 Å². The lowest BCUT2D eigenvalue weighted by atomic mass is 9.82. The first-order chi connectivity index (χ1) is 12.2. The van der Waals surface area contributed by atoms with Gasteiger partial charge in [-0.15, -0.1) is 0 Å². The molecule has 1 fully saturated rings. The van der Waals surface area contributed by atoms with Gasteiger partial charge in [-0.3, -0.25) is 4.90 Å². The summed E-state index contributed by atoms with van der Waals surface area (Å²) in [4.78, 5) is 13.5. The van der Waals surface area contributed by atoms with E-state index in [4.69, 9.17) is 0 Å². The fraction of sp³-hybridized carbons (Fsp3) is 0.579. The number of carboxylic acid groups (broad SMARTS) is 1. The Balaban J connectivity index is 1.84. The normalized spacial score (nSPS) is 18.3. The third kappa shape index (κ3) is 3.58. The van der Waals surface area contributed by atoms with Crippen LogP contribution in [-0.2, 0) is 0 Å². The molecule has 1 aliphatic heterocycles. The molecule has 0 bridgehead atoms. The molecule has 1 atom stereocenters. The molecule has 142 valence electrons. The van der Waals surface area contributed by atoms with Gasteiger partial charge < -0.3 is 5.11 Å². The molecule has 1 aliphatic rings. The first-order valence-electron chi connectivity index (χ1n) is 8.98. The van der Waals surface area contributed by atoms with E-state index >= 15 is 0 Å². The summed E-state index contributed by atoms with van der Waals surface area (Å²) in [7, 11) is 0. The van der Waals surface area contributed by atoms with Crippen LogP contribution in [0.2, 0.25) is 0 Å². The van der Waals surface area contributed by atoms with E-state index in [2.05, 4.69) is 12.0 Å². The van der Waals surface area contributed by atoms with E-state index in [1.807, 2.05) is 11.8 Å². The van der Waals surface area contributed by atoms with Crippen LogP contribution in [0.15, 0.2) is 18.3 Å². The van der Waals surface area contributed by atoms with E-state index < -0.39 is 11.9 Å². The third-order valence-electron chi connectivity index (χ3n) is 5.48. The second kappa shape index (κ2) is 6.95. The SMILES string of the molecule is Cc1c(C(=O)O)c2cccnn2c1C(C)C1CCN(CC(C)(F)F)CC1. The zero-order chi connectivity index (χ0) is 19.1. The maximum absolute atomic E-state index is 13.2. The number of alkyl halides is 2. The number of nitrogens with zero attached hydrogens (tertiary/aromatic N) is 3. The molecular weight excluding hydrogens is 340 g/mol. The first kappa shape index (κ1) is 18.8. The van der Waals surface area contributed by atoms with Gasteiger partial charge in [0.2, 0.25) is 0 Å². The lowest BCUT2D eigenvalue weighted by Gasteiger charge is -2.36. The van der Waals surface area contributed by atoms with Crippen LogP contribution in [0.4, 0.5) is 8.78 Å². The molecule has 1 N–H and O–H groups in total. The molecule has 0 aromatic carbocycles. The summed E-state index contributed by atoms with van der Waals surface area (Å²) in [5.74, 6) is -3.20. The van der Waals surface area contributed by atoms with Gasteiger partial charge >= 0.3 is 5.97 Å². The van der Waals surface area contributed by atoms with Crippen LogP contribution in [0.5, 0.6) is 0 Å². The van der Waals surface area contributed by atoms with Gasteiger partial charge in [0.15, 0.2) is 0 Å². The lowest BCUT2D eigenvalue weighted by molar-refractivity contribution is -0.0231. The number of carboxylic acids is 1. The molecule has 7 heteroatoms. The number of likely N-dealkylation sites (tertiary alicyclic amines) is 1. The van der Waals surface area contributed by atoms with Gasteiger partial charge in [0.25, 0.3) is 5.92 Å². The Hall–Kier alpha value is -2.02. The van der Waals surface area contributed by atoms with Gasteiger partial charge in [0, 0.05) is 24.7 Å². The monoisotopic (exact) mass is 365 g/mol. The van der Waals surface area contributed by atoms with Crippen molar-refractivity contribution in [1.29, 1.82) is 0 Å². The largest absolute Gasteiger partial charge is 0.478 e. The number of rotatable bonds is 5. The Bertz CT molecular complexity index is 805. The zero-order valence-electron chi connectivity index (χ0n) is 15.4.